The Hall–Kier alpha value is -4.02. The number of anilines is 1. The number of rotatable bonds is 13. The van der Waals surface area contributed by atoms with E-state index in [9.17, 15) is 27.7 Å². The summed E-state index contributed by atoms with van der Waals surface area (Å²) in [5, 5.41) is 20.5. The highest BCUT2D eigenvalue weighted by atomic mass is 32.2. The van der Waals surface area contributed by atoms with Gasteiger partial charge in [-0.2, -0.15) is 13.0 Å². The van der Waals surface area contributed by atoms with Gasteiger partial charge in [0, 0.05) is 47.5 Å². The Balaban J connectivity index is 1.60. The summed E-state index contributed by atoms with van der Waals surface area (Å²) in [6.07, 6.45) is 7.71. The van der Waals surface area contributed by atoms with Crippen LogP contribution in [0, 0.1) is 0 Å². The van der Waals surface area contributed by atoms with E-state index in [1.54, 1.807) is 18.2 Å². The lowest BCUT2D eigenvalue weighted by atomic mass is 9.75. The summed E-state index contributed by atoms with van der Waals surface area (Å²) in [7, 11) is -4.47. The van der Waals surface area contributed by atoms with E-state index in [-0.39, 0.29) is 39.4 Å². The van der Waals surface area contributed by atoms with Crippen molar-refractivity contribution in [2.24, 2.45) is 0 Å². The van der Waals surface area contributed by atoms with E-state index in [1.807, 2.05) is 19.1 Å². The van der Waals surface area contributed by atoms with Gasteiger partial charge in [0.25, 0.3) is 10.1 Å². The molecule has 3 N–H and O–H groups in total. The Morgan fingerprint density at radius 2 is 1.70 bits per heavy atom. The molecule has 0 fully saturated rings. The van der Waals surface area contributed by atoms with Crippen LogP contribution in [0.15, 0.2) is 82.1 Å². The Labute approximate surface area is 277 Å². The van der Waals surface area contributed by atoms with E-state index in [0.717, 1.165) is 41.2 Å². The average Bonchev–Trinajstić information content (AvgIpc) is 3.39. The van der Waals surface area contributed by atoms with Crippen molar-refractivity contribution in [3.63, 3.8) is 0 Å². The van der Waals surface area contributed by atoms with Crippen LogP contribution in [0.3, 0.4) is 0 Å². The maximum atomic E-state index is 13.8. The summed E-state index contributed by atoms with van der Waals surface area (Å²) in [4.78, 5) is 26.8. The van der Waals surface area contributed by atoms with Gasteiger partial charge in [-0.1, -0.05) is 44.4 Å². The fourth-order valence-electron chi connectivity index (χ4n) is 7.33. The number of aliphatic hydroxyl groups is 1. The standard InChI is InChI=1S/C37H44N2O7S/c1-6-8-20-39-30-18-17-24(47(44,45)46)21-28(30)37(5,19-13-9-10-16-33(40)41)32(39)23-26-34(42)25(35(26)43)22-31-36(3,4)27-14-11-12-15-29(27)38(31)7-2/h11-12,14-15,17-18,21-23H,6-10,13,16,19-20H2,1-5H3,(H2-,40,41,42,43,44,45,46)/p+1. The molecular weight excluding hydrogens is 616 g/mol. The minimum absolute atomic E-state index is 0.0618. The van der Waals surface area contributed by atoms with Gasteiger partial charge in [-0.05, 0) is 76.8 Å². The average molecular weight is 662 g/mol. The molecule has 10 heteroatoms. The molecule has 250 valence electrons. The van der Waals surface area contributed by atoms with Crippen LogP contribution < -0.4 is 4.90 Å². The van der Waals surface area contributed by atoms with Crippen LogP contribution in [0.4, 0.5) is 11.4 Å². The first-order chi connectivity index (χ1) is 22.2. The topological polar surface area (TPSA) is 135 Å². The van der Waals surface area contributed by atoms with Gasteiger partial charge in [0.2, 0.25) is 11.5 Å². The number of nitrogens with zero attached hydrogens (tertiary/aromatic N) is 2. The molecule has 47 heavy (non-hydrogen) atoms. The predicted octanol–water partition coefficient (Wildman–Crippen LogP) is 7.15. The van der Waals surface area contributed by atoms with Crippen LogP contribution >= 0.6 is 0 Å². The van der Waals surface area contributed by atoms with Gasteiger partial charge < -0.3 is 15.1 Å². The summed E-state index contributed by atoms with van der Waals surface area (Å²) >= 11 is 0. The highest BCUT2D eigenvalue weighted by molar-refractivity contribution is 7.85. The molecule has 0 radical (unpaired) electrons. The van der Waals surface area contributed by atoms with Crippen molar-refractivity contribution < 1.29 is 37.3 Å². The molecular formula is C37H45N2O7S+. The molecule has 0 aromatic heterocycles. The number of hydrogen-bond acceptors (Lipinski definition) is 6. The molecule has 0 saturated heterocycles. The predicted molar refractivity (Wildman–Crippen MR) is 182 cm³/mol. The zero-order valence-corrected chi connectivity index (χ0v) is 28.7. The van der Waals surface area contributed by atoms with Crippen LogP contribution in [-0.4, -0.2) is 58.3 Å². The normalized spacial score (nSPS) is 21.9. The third kappa shape index (κ3) is 6.09. The number of para-hydroxylation sites is 1. The number of allylic oxidation sites excluding steroid dienone is 5. The van der Waals surface area contributed by atoms with Gasteiger partial charge in [-0.15, -0.1) is 0 Å². The fraction of sp³-hybridized carbons (Fsp3) is 0.432. The van der Waals surface area contributed by atoms with E-state index in [2.05, 4.69) is 49.3 Å². The second-order valence-corrected chi connectivity index (χ2v) is 14.8. The Morgan fingerprint density at radius 3 is 2.34 bits per heavy atom. The van der Waals surface area contributed by atoms with E-state index >= 15 is 0 Å². The summed E-state index contributed by atoms with van der Waals surface area (Å²) in [6, 6.07) is 12.7. The number of carbonyl (C=O) groups excluding carboxylic acids is 1. The van der Waals surface area contributed by atoms with Crippen LogP contribution in [-0.2, 0) is 30.5 Å². The zero-order chi connectivity index (χ0) is 34.3. The minimum Gasteiger partial charge on any atom is -0.506 e. The van der Waals surface area contributed by atoms with Gasteiger partial charge in [-0.25, -0.2) is 0 Å². The molecule has 3 aliphatic rings. The highest BCUT2D eigenvalue weighted by Crippen LogP contribution is 2.52. The molecule has 1 atom stereocenters. The molecule has 0 saturated carbocycles. The summed E-state index contributed by atoms with van der Waals surface area (Å²) in [5.41, 5.74) is 4.73. The lowest BCUT2D eigenvalue weighted by Gasteiger charge is -2.32. The van der Waals surface area contributed by atoms with Gasteiger partial charge in [0.05, 0.1) is 21.5 Å². The second kappa shape index (κ2) is 12.9. The highest BCUT2D eigenvalue weighted by Gasteiger charge is 2.48. The van der Waals surface area contributed by atoms with Crippen LogP contribution in [0.2, 0.25) is 0 Å². The molecule has 1 aliphatic carbocycles. The number of hydrogen-bond donors (Lipinski definition) is 3. The maximum Gasteiger partial charge on any atom is 0.303 e. The molecule has 5 rings (SSSR count). The van der Waals surface area contributed by atoms with E-state index in [4.69, 9.17) is 5.11 Å². The van der Waals surface area contributed by atoms with Gasteiger partial charge in [-0.3, -0.25) is 14.1 Å². The van der Waals surface area contributed by atoms with Crippen LogP contribution in [0.5, 0.6) is 0 Å². The maximum absolute atomic E-state index is 13.8. The first kappa shape index (κ1) is 34.3. The monoisotopic (exact) mass is 661 g/mol. The first-order valence-electron chi connectivity index (χ1n) is 16.4. The molecule has 9 nitrogen and oxygen atoms in total. The number of fused-ring (bicyclic) bond motifs is 2. The van der Waals surface area contributed by atoms with E-state index in [0.29, 0.717) is 44.3 Å². The van der Waals surface area contributed by atoms with Crippen molar-refractivity contribution >= 4 is 39.0 Å². The number of carbonyl (C=O) groups is 2. The third-order valence-corrected chi connectivity index (χ3v) is 10.8. The number of ketones is 1. The summed E-state index contributed by atoms with van der Waals surface area (Å²) < 4.78 is 36.4. The number of benzene rings is 2. The number of unbranched alkanes of at least 4 members (excludes halogenated alkanes) is 3. The molecule has 0 spiro atoms. The molecule has 2 aliphatic heterocycles. The van der Waals surface area contributed by atoms with Gasteiger partial charge >= 0.3 is 5.97 Å². The van der Waals surface area contributed by atoms with Gasteiger partial charge in [0.15, 0.2) is 5.71 Å². The van der Waals surface area contributed by atoms with Crippen molar-refractivity contribution in [3.8, 4) is 0 Å². The molecule has 1 unspecified atom stereocenters. The van der Waals surface area contributed by atoms with Gasteiger partial charge in [0.1, 0.15) is 12.3 Å². The molecule has 2 aromatic carbocycles. The quantitative estimate of drug-likeness (QED) is 0.0892. The Kier molecular flexibility index (Phi) is 9.41. The molecule has 0 amide bonds. The fourth-order valence-corrected chi connectivity index (χ4v) is 7.84. The van der Waals surface area contributed by atoms with Crippen LogP contribution in [0.25, 0.3) is 0 Å². The van der Waals surface area contributed by atoms with E-state index in [1.165, 1.54) is 12.1 Å². The third-order valence-electron chi connectivity index (χ3n) is 9.99. The largest absolute Gasteiger partial charge is 0.506 e. The SMILES string of the molecule is CCCCN1C(=CC2=C(O)C(=CC3=[N+](CC)c4ccccc4C3(C)C)C2=O)C(C)(CCCCCC(=O)O)c2cc(S(=O)(=O)O)ccc21. The number of aliphatic hydroxyl groups excluding tert-OH is 1. The van der Waals surface area contributed by atoms with Crippen molar-refractivity contribution in [1.29, 1.82) is 0 Å². The van der Waals surface area contributed by atoms with Crippen molar-refractivity contribution in [2.45, 2.75) is 95.3 Å². The Morgan fingerprint density at radius 1 is 0.979 bits per heavy atom. The van der Waals surface area contributed by atoms with Crippen LogP contribution in [0.1, 0.15) is 90.7 Å². The molecule has 0 bridgehead atoms. The lowest BCUT2D eigenvalue weighted by molar-refractivity contribution is -0.433. The number of Topliss-reactive ketones (excluding diaryl/α,β-unsaturated/α-hetero) is 1. The van der Waals surface area contributed by atoms with Crippen molar-refractivity contribution in [3.05, 3.63) is 88.3 Å². The first-order valence-corrected chi connectivity index (χ1v) is 17.9. The molecule has 2 heterocycles. The number of carboxylic acids is 1. The lowest BCUT2D eigenvalue weighted by Crippen LogP contribution is -2.33. The minimum atomic E-state index is -4.47. The second-order valence-electron chi connectivity index (χ2n) is 13.4. The van der Waals surface area contributed by atoms with E-state index < -0.39 is 21.5 Å². The summed E-state index contributed by atoms with van der Waals surface area (Å²) in [6.45, 7) is 11.7. The summed E-state index contributed by atoms with van der Waals surface area (Å²) in [5.74, 6) is -1.20. The van der Waals surface area contributed by atoms with Crippen molar-refractivity contribution in [1.82, 2.24) is 0 Å². The molecule has 2 aromatic rings. The zero-order valence-electron chi connectivity index (χ0n) is 27.8. The van der Waals surface area contributed by atoms with Crippen molar-refractivity contribution in [2.75, 3.05) is 18.0 Å². The smallest absolute Gasteiger partial charge is 0.303 e. The number of carboxylic acid groups (broad SMARTS) is 1. The number of aliphatic carboxylic acids is 1. The Bertz CT molecular complexity index is 1870.